The summed E-state index contributed by atoms with van der Waals surface area (Å²) in [5.74, 6) is 0.207. The summed E-state index contributed by atoms with van der Waals surface area (Å²) in [6.45, 7) is 7.63. The summed E-state index contributed by atoms with van der Waals surface area (Å²) in [5.41, 5.74) is 0.774. The molecule has 0 saturated carbocycles. The molecule has 0 aliphatic carbocycles. The van der Waals surface area contributed by atoms with Gasteiger partial charge in [-0.15, -0.1) is 6.58 Å². The number of hydrogen-bond acceptors (Lipinski definition) is 3. The molecule has 0 bridgehead atoms. The molecule has 0 aromatic carbocycles. The highest BCUT2D eigenvalue weighted by molar-refractivity contribution is 5.98. The van der Waals surface area contributed by atoms with Gasteiger partial charge in [-0.25, -0.2) is 0 Å². The molecule has 5 nitrogen and oxygen atoms in total. The van der Waals surface area contributed by atoms with Gasteiger partial charge in [-0.3, -0.25) is 14.6 Å². The Morgan fingerprint density at radius 3 is 3.10 bits per heavy atom. The lowest BCUT2D eigenvalue weighted by Crippen LogP contribution is -2.39. The van der Waals surface area contributed by atoms with Crippen LogP contribution in [0.1, 0.15) is 40.6 Å². The van der Waals surface area contributed by atoms with Crippen molar-refractivity contribution in [2.24, 2.45) is 5.92 Å². The van der Waals surface area contributed by atoms with E-state index < -0.39 is 0 Å². The van der Waals surface area contributed by atoms with Gasteiger partial charge in [0, 0.05) is 31.4 Å². The third-order valence-corrected chi connectivity index (χ3v) is 3.59. The Morgan fingerprint density at radius 2 is 2.38 bits per heavy atom. The van der Waals surface area contributed by atoms with Crippen LogP contribution in [0.2, 0.25) is 0 Å². The molecule has 0 radical (unpaired) electrons. The first kappa shape index (κ1) is 15.2. The minimum absolute atomic E-state index is 0.0262. The molecule has 5 heteroatoms. The topological polar surface area (TPSA) is 62.3 Å². The molecule has 21 heavy (non-hydrogen) atoms. The molecule has 1 aromatic heterocycles. The van der Waals surface area contributed by atoms with Crippen LogP contribution in [0.3, 0.4) is 0 Å². The van der Waals surface area contributed by atoms with Crippen LogP contribution in [0.15, 0.2) is 31.0 Å². The van der Waals surface area contributed by atoms with Crippen LogP contribution in [0, 0.1) is 5.92 Å². The molecule has 2 rings (SSSR count). The summed E-state index contributed by atoms with van der Waals surface area (Å²) < 4.78 is 0. The number of rotatable bonds is 4. The number of carbonyl (C=O) groups excluding carboxylic acids is 2. The van der Waals surface area contributed by atoms with Gasteiger partial charge in [-0.05, 0) is 30.9 Å². The standard InChI is InChI=1S/C16H21N3O2/c1-3-7-18-15(20)14-10-13(6-8-17-14)16(21)19-9-4-5-12(2)11-19/h3,6,8,10,12H,1,4-5,7,9,11H2,2H3,(H,18,20). The van der Waals surface area contributed by atoms with Gasteiger partial charge in [0.1, 0.15) is 5.69 Å². The first-order valence-electron chi connectivity index (χ1n) is 7.26. The summed E-state index contributed by atoms with van der Waals surface area (Å²) in [7, 11) is 0. The van der Waals surface area contributed by atoms with E-state index in [1.165, 1.54) is 6.20 Å². The second kappa shape index (κ2) is 7.02. The minimum atomic E-state index is -0.295. The maximum Gasteiger partial charge on any atom is 0.270 e. The molecular weight excluding hydrogens is 266 g/mol. The van der Waals surface area contributed by atoms with Crippen molar-refractivity contribution in [2.75, 3.05) is 19.6 Å². The Balaban J connectivity index is 2.11. The van der Waals surface area contributed by atoms with Crippen molar-refractivity contribution in [3.8, 4) is 0 Å². The van der Waals surface area contributed by atoms with E-state index in [0.29, 0.717) is 18.0 Å². The number of aromatic nitrogens is 1. The highest BCUT2D eigenvalue weighted by Crippen LogP contribution is 2.18. The second-order valence-electron chi connectivity index (χ2n) is 5.43. The quantitative estimate of drug-likeness (QED) is 0.860. The maximum absolute atomic E-state index is 12.5. The van der Waals surface area contributed by atoms with Gasteiger partial charge in [0.05, 0.1) is 0 Å². The Kier molecular flexibility index (Phi) is 5.09. The molecule has 1 atom stereocenters. The Hall–Kier alpha value is -2.17. The first-order valence-corrected chi connectivity index (χ1v) is 7.26. The molecule has 0 spiro atoms. The highest BCUT2D eigenvalue weighted by atomic mass is 16.2. The Bertz CT molecular complexity index is 542. The van der Waals surface area contributed by atoms with Gasteiger partial charge in [0.25, 0.3) is 11.8 Å². The fourth-order valence-corrected chi connectivity index (χ4v) is 2.50. The first-order chi connectivity index (χ1) is 10.1. The SMILES string of the molecule is C=CCNC(=O)c1cc(C(=O)N2CCCC(C)C2)ccn1. The summed E-state index contributed by atoms with van der Waals surface area (Å²) in [6, 6.07) is 3.21. The van der Waals surface area contributed by atoms with E-state index in [9.17, 15) is 9.59 Å². The summed E-state index contributed by atoms with van der Waals surface area (Å²) in [5, 5.41) is 2.66. The van der Waals surface area contributed by atoms with E-state index in [-0.39, 0.29) is 17.5 Å². The third-order valence-electron chi connectivity index (χ3n) is 3.59. The lowest BCUT2D eigenvalue weighted by Gasteiger charge is -2.31. The molecule has 1 aliphatic rings. The van der Waals surface area contributed by atoms with Gasteiger partial charge in [-0.2, -0.15) is 0 Å². The van der Waals surface area contributed by atoms with E-state index in [1.54, 1.807) is 18.2 Å². The van der Waals surface area contributed by atoms with Crippen molar-refractivity contribution >= 4 is 11.8 Å². The summed E-state index contributed by atoms with van der Waals surface area (Å²) >= 11 is 0. The van der Waals surface area contributed by atoms with Crippen LogP contribution in [-0.4, -0.2) is 41.3 Å². The number of likely N-dealkylation sites (tertiary alicyclic amines) is 1. The average molecular weight is 287 g/mol. The summed E-state index contributed by atoms with van der Waals surface area (Å²) in [6.07, 6.45) is 5.30. The minimum Gasteiger partial charge on any atom is -0.347 e. The Labute approximate surface area is 125 Å². The molecular formula is C16H21N3O2. The normalized spacial score (nSPS) is 18.1. The zero-order valence-corrected chi connectivity index (χ0v) is 12.3. The van der Waals surface area contributed by atoms with Gasteiger partial charge in [0.15, 0.2) is 0 Å². The fraction of sp³-hybridized carbons (Fsp3) is 0.438. The third kappa shape index (κ3) is 3.90. The van der Waals surface area contributed by atoms with Gasteiger partial charge in [0.2, 0.25) is 0 Å². The fourth-order valence-electron chi connectivity index (χ4n) is 2.50. The van der Waals surface area contributed by atoms with E-state index in [2.05, 4.69) is 23.8 Å². The average Bonchev–Trinajstić information content (AvgIpc) is 2.52. The van der Waals surface area contributed by atoms with Crippen molar-refractivity contribution in [3.63, 3.8) is 0 Å². The predicted molar refractivity (Wildman–Crippen MR) is 81.1 cm³/mol. The van der Waals surface area contributed by atoms with Crippen molar-refractivity contribution in [1.82, 2.24) is 15.2 Å². The molecule has 1 aliphatic heterocycles. The number of nitrogens with zero attached hydrogens (tertiary/aromatic N) is 2. The molecule has 1 unspecified atom stereocenters. The van der Waals surface area contributed by atoms with E-state index >= 15 is 0 Å². The lowest BCUT2D eigenvalue weighted by atomic mass is 9.99. The van der Waals surface area contributed by atoms with Gasteiger partial charge in [-0.1, -0.05) is 13.0 Å². The number of piperidine rings is 1. The largest absolute Gasteiger partial charge is 0.347 e. The number of hydrogen-bond donors (Lipinski definition) is 1. The molecule has 112 valence electrons. The van der Waals surface area contributed by atoms with Crippen LogP contribution < -0.4 is 5.32 Å². The number of pyridine rings is 1. The van der Waals surface area contributed by atoms with Crippen molar-refractivity contribution in [1.29, 1.82) is 0 Å². The van der Waals surface area contributed by atoms with Crippen LogP contribution in [0.4, 0.5) is 0 Å². The highest BCUT2D eigenvalue weighted by Gasteiger charge is 2.22. The zero-order chi connectivity index (χ0) is 15.2. The predicted octanol–water partition coefficient (Wildman–Crippen LogP) is 1.87. The van der Waals surface area contributed by atoms with Crippen LogP contribution in [0.5, 0.6) is 0 Å². The summed E-state index contributed by atoms with van der Waals surface area (Å²) in [4.78, 5) is 30.2. The molecule has 1 N–H and O–H groups in total. The number of nitrogens with one attached hydrogen (secondary N) is 1. The van der Waals surface area contributed by atoms with Crippen LogP contribution in [0.25, 0.3) is 0 Å². The lowest BCUT2D eigenvalue weighted by molar-refractivity contribution is 0.0683. The zero-order valence-electron chi connectivity index (χ0n) is 12.3. The van der Waals surface area contributed by atoms with E-state index in [0.717, 1.165) is 25.9 Å². The number of carbonyl (C=O) groups is 2. The number of amides is 2. The van der Waals surface area contributed by atoms with Crippen molar-refractivity contribution in [3.05, 3.63) is 42.2 Å². The van der Waals surface area contributed by atoms with E-state index in [4.69, 9.17) is 0 Å². The smallest absolute Gasteiger partial charge is 0.270 e. The molecule has 2 heterocycles. The van der Waals surface area contributed by atoms with Crippen LogP contribution in [-0.2, 0) is 0 Å². The molecule has 1 fully saturated rings. The second-order valence-corrected chi connectivity index (χ2v) is 5.43. The maximum atomic E-state index is 12.5. The van der Waals surface area contributed by atoms with Gasteiger partial charge < -0.3 is 10.2 Å². The van der Waals surface area contributed by atoms with E-state index in [1.807, 2.05) is 4.90 Å². The Morgan fingerprint density at radius 1 is 1.57 bits per heavy atom. The van der Waals surface area contributed by atoms with Crippen molar-refractivity contribution in [2.45, 2.75) is 19.8 Å². The molecule has 1 saturated heterocycles. The van der Waals surface area contributed by atoms with Crippen molar-refractivity contribution < 1.29 is 9.59 Å². The van der Waals surface area contributed by atoms with Gasteiger partial charge >= 0.3 is 0 Å². The molecule has 1 aromatic rings. The monoisotopic (exact) mass is 287 g/mol. The molecule has 2 amide bonds. The van der Waals surface area contributed by atoms with Crippen LogP contribution >= 0.6 is 0 Å².